The number of carbonyl (C=O) groups excluding carboxylic acids is 1. The zero-order valence-corrected chi connectivity index (χ0v) is 17.7. The van der Waals surface area contributed by atoms with Crippen LogP contribution in [0.2, 0.25) is 0 Å². The van der Waals surface area contributed by atoms with Crippen LogP contribution in [0.15, 0.2) is 59.5 Å². The first-order valence-corrected chi connectivity index (χ1v) is 11.8. The van der Waals surface area contributed by atoms with Gasteiger partial charge in [-0.2, -0.15) is 5.26 Å². The van der Waals surface area contributed by atoms with Crippen molar-refractivity contribution in [2.45, 2.75) is 48.8 Å². The molecule has 3 rings (SSSR count). The minimum absolute atomic E-state index is 0.0525. The first-order valence-electron chi connectivity index (χ1n) is 10.3. The Labute approximate surface area is 178 Å². The second-order valence-corrected chi connectivity index (χ2v) is 9.49. The molecular weight excluding hydrogens is 398 g/mol. The van der Waals surface area contributed by atoms with E-state index in [2.05, 4.69) is 22.2 Å². The normalized spacial score (nSPS) is 15.8. The predicted molar refractivity (Wildman–Crippen MR) is 115 cm³/mol. The molecule has 0 unspecified atom stereocenters. The van der Waals surface area contributed by atoms with Crippen LogP contribution in [0.5, 0.6) is 0 Å². The lowest BCUT2D eigenvalue weighted by molar-refractivity contribution is 0.0936. The van der Waals surface area contributed by atoms with E-state index < -0.39 is 10.0 Å². The Balaban J connectivity index is 1.67. The van der Waals surface area contributed by atoms with Crippen molar-refractivity contribution in [3.05, 3.63) is 65.7 Å². The average molecular weight is 426 g/mol. The van der Waals surface area contributed by atoms with E-state index in [9.17, 15) is 13.2 Å². The number of benzene rings is 2. The van der Waals surface area contributed by atoms with Gasteiger partial charge in [-0.15, -0.1) is 0 Å². The average Bonchev–Trinajstić information content (AvgIpc) is 2.79. The van der Waals surface area contributed by atoms with Gasteiger partial charge in [0.15, 0.2) is 0 Å². The molecule has 2 N–H and O–H groups in total. The van der Waals surface area contributed by atoms with Crippen molar-refractivity contribution in [3.63, 3.8) is 0 Å². The van der Waals surface area contributed by atoms with Crippen LogP contribution in [0.1, 0.15) is 54.4 Å². The monoisotopic (exact) mass is 425 g/mol. The number of sulfonamides is 1. The van der Waals surface area contributed by atoms with Gasteiger partial charge in [-0.05, 0) is 42.7 Å². The highest BCUT2D eigenvalue weighted by atomic mass is 32.2. The second kappa shape index (κ2) is 9.88. The van der Waals surface area contributed by atoms with Crippen molar-refractivity contribution >= 4 is 15.9 Å². The van der Waals surface area contributed by atoms with Gasteiger partial charge in [0, 0.05) is 30.5 Å². The molecule has 0 heterocycles. The molecule has 2 aromatic rings. The van der Waals surface area contributed by atoms with Crippen LogP contribution in [-0.4, -0.2) is 27.4 Å². The Hall–Kier alpha value is -2.69. The van der Waals surface area contributed by atoms with Gasteiger partial charge in [-0.3, -0.25) is 4.79 Å². The summed E-state index contributed by atoms with van der Waals surface area (Å²) in [5.41, 5.74) is 1.63. The van der Waals surface area contributed by atoms with Crippen LogP contribution >= 0.6 is 0 Å². The first-order chi connectivity index (χ1) is 14.5. The number of hydrogen-bond donors (Lipinski definition) is 2. The van der Waals surface area contributed by atoms with Crippen molar-refractivity contribution in [2.75, 3.05) is 13.1 Å². The zero-order valence-electron chi connectivity index (χ0n) is 16.9. The number of nitrogens with zero attached hydrogens (tertiary/aromatic N) is 1. The highest BCUT2D eigenvalue weighted by Crippen LogP contribution is 2.38. The fourth-order valence-electron chi connectivity index (χ4n) is 4.05. The van der Waals surface area contributed by atoms with E-state index in [4.69, 9.17) is 5.26 Å². The van der Waals surface area contributed by atoms with Gasteiger partial charge in [0.2, 0.25) is 10.0 Å². The van der Waals surface area contributed by atoms with Crippen LogP contribution in [0.3, 0.4) is 0 Å². The quantitative estimate of drug-likeness (QED) is 0.632. The Kier molecular flexibility index (Phi) is 7.24. The molecule has 158 valence electrons. The lowest BCUT2D eigenvalue weighted by Gasteiger charge is -2.38. The van der Waals surface area contributed by atoms with Gasteiger partial charge in [-0.1, -0.05) is 49.6 Å². The minimum Gasteiger partial charge on any atom is -0.351 e. The molecule has 0 spiro atoms. The van der Waals surface area contributed by atoms with Crippen LogP contribution in [-0.2, 0) is 15.4 Å². The Morgan fingerprint density at radius 3 is 2.30 bits per heavy atom. The summed E-state index contributed by atoms with van der Waals surface area (Å²) in [5, 5.41) is 11.6. The van der Waals surface area contributed by atoms with Crippen molar-refractivity contribution in [2.24, 2.45) is 0 Å². The van der Waals surface area contributed by atoms with E-state index in [0.29, 0.717) is 12.1 Å². The van der Waals surface area contributed by atoms with E-state index >= 15 is 0 Å². The number of hydrogen-bond acceptors (Lipinski definition) is 4. The fraction of sp³-hybridized carbons (Fsp3) is 0.391. The van der Waals surface area contributed by atoms with Crippen LogP contribution in [0, 0.1) is 11.3 Å². The van der Waals surface area contributed by atoms with Gasteiger partial charge < -0.3 is 5.32 Å². The summed E-state index contributed by atoms with van der Waals surface area (Å²) < 4.78 is 26.8. The standard InChI is InChI=1S/C23H27N3O3S/c24-16-7-17-26-30(28,29)21-12-10-19(11-13-21)22(27)25-18-23(14-5-2-6-15-23)20-8-3-1-4-9-20/h1,3-4,8-13,26H,2,5-7,14-15,17-18H2,(H,25,27). The summed E-state index contributed by atoms with van der Waals surface area (Å²) in [4.78, 5) is 12.8. The maximum Gasteiger partial charge on any atom is 0.251 e. The van der Waals surface area contributed by atoms with E-state index in [1.54, 1.807) is 0 Å². The van der Waals surface area contributed by atoms with Crippen molar-refractivity contribution in [1.29, 1.82) is 5.26 Å². The van der Waals surface area contributed by atoms with E-state index in [-0.39, 0.29) is 29.2 Å². The summed E-state index contributed by atoms with van der Waals surface area (Å²) in [6.45, 7) is 0.619. The van der Waals surface area contributed by atoms with Gasteiger partial charge in [0.1, 0.15) is 0 Å². The number of rotatable bonds is 8. The lowest BCUT2D eigenvalue weighted by Crippen LogP contribution is -2.42. The molecule has 6 nitrogen and oxygen atoms in total. The molecule has 30 heavy (non-hydrogen) atoms. The lowest BCUT2D eigenvalue weighted by atomic mass is 9.69. The van der Waals surface area contributed by atoms with Gasteiger partial charge in [-0.25, -0.2) is 13.1 Å². The molecule has 0 bridgehead atoms. The van der Waals surface area contributed by atoms with Crippen LogP contribution in [0.25, 0.3) is 0 Å². The molecular formula is C23H27N3O3S. The molecule has 1 aliphatic rings. The van der Waals surface area contributed by atoms with E-state index in [0.717, 1.165) is 25.7 Å². The second-order valence-electron chi connectivity index (χ2n) is 7.72. The minimum atomic E-state index is -3.68. The van der Waals surface area contributed by atoms with E-state index in [1.165, 1.54) is 36.2 Å². The summed E-state index contributed by atoms with van der Waals surface area (Å²) in [5.74, 6) is -0.211. The molecule has 0 aromatic heterocycles. The van der Waals surface area contributed by atoms with Crippen LogP contribution in [0.4, 0.5) is 0 Å². The van der Waals surface area contributed by atoms with Crippen molar-refractivity contribution in [1.82, 2.24) is 10.0 Å². The molecule has 0 radical (unpaired) electrons. The molecule has 1 amide bonds. The summed E-state index contributed by atoms with van der Waals surface area (Å²) in [6.07, 6.45) is 5.71. The SMILES string of the molecule is N#CCCNS(=O)(=O)c1ccc(C(=O)NCC2(c3ccccc3)CCCCC2)cc1. The number of amides is 1. The van der Waals surface area contributed by atoms with Crippen molar-refractivity contribution in [3.8, 4) is 6.07 Å². The maximum atomic E-state index is 12.7. The smallest absolute Gasteiger partial charge is 0.251 e. The summed E-state index contributed by atoms with van der Waals surface area (Å²) >= 11 is 0. The third-order valence-corrected chi connectivity index (χ3v) is 7.22. The molecule has 2 aromatic carbocycles. The topological polar surface area (TPSA) is 99.1 Å². The highest BCUT2D eigenvalue weighted by Gasteiger charge is 2.34. The van der Waals surface area contributed by atoms with Gasteiger partial charge >= 0.3 is 0 Å². The highest BCUT2D eigenvalue weighted by molar-refractivity contribution is 7.89. The Morgan fingerprint density at radius 1 is 1.00 bits per heavy atom. The molecule has 1 fully saturated rings. The summed E-state index contributed by atoms with van der Waals surface area (Å²) in [6, 6.07) is 18.1. The van der Waals surface area contributed by atoms with Crippen molar-refractivity contribution < 1.29 is 13.2 Å². The number of carbonyl (C=O) groups is 1. The van der Waals surface area contributed by atoms with E-state index in [1.807, 2.05) is 24.3 Å². The third kappa shape index (κ3) is 5.26. The molecule has 0 atom stereocenters. The van der Waals surface area contributed by atoms with Gasteiger partial charge in [0.05, 0.1) is 11.0 Å². The molecule has 1 aliphatic carbocycles. The Bertz CT molecular complexity index is 990. The third-order valence-electron chi connectivity index (χ3n) is 5.74. The largest absolute Gasteiger partial charge is 0.351 e. The first kappa shape index (κ1) is 22.0. The summed E-state index contributed by atoms with van der Waals surface area (Å²) in [7, 11) is -3.68. The molecule has 1 saturated carbocycles. The molecule has 0 aliphatic heterocycles. The maximum absolute atomic E-state index is 12.7. The molecule has 7 heteroatoms. The number of nitrogens with one attached hydrogen (secondary N) is 2. The zero-order chi connectivity index (χ0) is 21.5. The Morgan fingerprint density at radius 2 is 1.67 bits per heavy atom. The fourth-order valence-corrected chi connectivity index (χ4v) is 5.08. The van der Waals surface area contributed by atoms with Crippen LogP contribution < -0.4 is 10.0 Å². The molecule has 0 saturated heterocycles. The predicted octanol–water partition coefficient (Wildman–Crippen LogP) is 3.51. The number of nitriles is 1. The van der Waals surface area contributed by atoms with Gasteiger partial charge in [0.25, 0.3) is 5.91 Å².